The van der Waals surface area contributed by atoms with Crippen molar-refractivity contribution in [1.82, 2.24) is 4.90 Å². The minimum atomic E-state index is -0.507. The van der Waals surface area contributed by atoms with E-state index in [-0.39, 0.29) is 17.6 Å². The summed E-state index contributed by atoms with van der Waals surface area (Å²) in [7, 11) is 0. The van der Waals surface area contributed by atoms with Crippen LogP contribution in [0.3, 0.4) is 0 Å². The molecular formula is C16H17NO3S2. The normalized spacial score (nSPS) is 18.9. The number of thiocarbonyl (C=S) groups is 1. The summed E-state index contributed by atoms with van der Waals surface area (Å²) in [5, 5.41) is 9.76. The van der Waals surface area contributed by atoms with E-state index in [1.807, 2.05) is 19.9 Å². The molecule has 1 N–H and O–H groups in total. The maximum atomic E-state index is 12.5. The molecule has 1 saturated heterocycles. The molecule has 1 aliphatic rings. The van der Waals surface area contributed by atoms with Gasteiger partial charge < -0.3 is 9.52 Å². The third-order valence-corrected chi connectivity index (χ3v) is 4.47. The molecule has 0 aliphatic carbocycles. The minimum absolute atomic E-state index is 0.0120. The molecular weight excluding hydrogens is 318 g/mol. The molecule has 1 aromatic rings. The smallest absolute Gasteiger partial charge is 0.266 e. The molecule has 1 aliphatic heterocycles. The maximum Gasteiger partial charge on any atom is 0.266 e. The van der Waals surface area contributed by atoms with Crippen molar-refractivity contribution in [1.29, 1.82) is 0 Å². The molecule has 1 unspecified atom stereocenters. The lowest BCUT2D eigenvalue weighted by atomic mass is 10.0. The highest BCUT2D eigenvalue weighted by Crippen LogP contribution is 2.35. The average Bonchev–Trinajstić information content (AvgIpc) is 3.02. The lowest BCUT2D eigenvalue weighted by Crippen LogP contribution is -2.43. The van der Waals surface area contributed by atoms with Crippen molar-refractivity contribution in [3.63, 3.8) is 0 Å². The Balaban J connectivity index is 2.19. The van der Waals surface area contributed by atoms with E-state index in [2.05, 4.69) is 6.58 Å². The summed E-state index contributed by atoms with van der Waals surface area (Å²) in [6.45, 7) is 7.37. The van der Waals surface area contributed by atoms with Gasteiger partial charge in [-0.05, 0) is 30.2 Å². The van der Waals surface area contributed by atoms with Gasteiger partial charge in [0.25, 0.3) is 5.91 Å². The first-order valence-corrected chi connectivity index (χ1v) is 7.99. The Hall–Kier alpha value is -1.79. The summed E-state index contributed by atoms with van der Waals surface area (Å²) in [5.74, 6) is 0.445. The molecule has 0 bridgehead atoms. The highest BCUT2D eigenvalue weighted by molar-refractivity contribution is 8.26. The Morgan fingerprint density at radius 1 is 1.55 bits per heavy atom. The molecule has 22 heavy (non-hydrogen) atoms. The van der Waals surface area contributed by atoms with E-state index in [9.17, 15) is 9.90 Å². The number of carbonyl (C=O) groups excluding carboxylic acids is 1. The van der Waals surface area contributed by atoms with Crippen LogP contribution < -0.4 is 0 Å². The van der Waals surface area contributed by atoms with E-state index in [1.54, 1.807) is 30.6 Å². The van der Waals surface area contributed by atoms with E-state index in [1.165, 1.54) is 16.7 Å². The molecule has 1 fully saturated rings. The second-order valence-corrected chi connectivity index (χ2v) is 6.80. The minimum Gasteiger partial charge on any atom is -0.511 e. The summed E-state index contributed by atoms with van der Waals surface area (Å²) in [6, 6.07) is 3.10. The fourth-order valence-electron chi connectivity index (χ4n) is 2.18. The number of aliphatic hydroxyl groups is 1. The first-order valence-electron chi connectivity index (χ1n) is 6.76. The summed E-state index contributed by atoms with van der Waals surface area (Å²) >= 11 is 6.49. The number of aliphatic hydroxyl groups excluding tert-OH is 1. The van der Waals surface area contributed by atoms with Crippen molar-refractivity contribution in [3.8, 4) is 0 Å². The first-order chi connectivity index (χ1) is 10.4. The van der Waals surface area contributed by atoms with Crippen molar-refractivity contribution in [2.24, 2.45) is 5.92 Å². The van der Waals surface area contributed by atoms with E-state index < -0.39 is 6.04 Å². The molecule has 0 aromatic carbocycles. The van der Waals surface area contributed by atoms with Gasteiger partial charge in [0, 0.05) is 0 Å². The molecule has 1 atom stereocenters. The zero-order valence-electron chi connectivity index (χ0n) is 12.4. The van der Waals surface area contributed by atoms with Crippen molar-refractivity contribution in [2.75, 3.05) is 0 Å². The second-order valence-electron chi connectivity index (χ2n) is 5.13. The Labute approximate surface area is 139 Å². The predicted octanol–water partition coefficient (Wildman–Crippen LogP) is 4.13. The number of hydrogen-bond donors (Lipinski definition) is 1. The zero-order chi connectivity index (χ0) is 16.3. The van der Waals surface area contributed by atoms with Crippen LogP contribution >= 0.6 is 24.0 Å². The highest BCUT2D eigenvalue weighted by Gasteiger charge is 2.39. The molecule has 116 valence electrons. The van der Waals surface area contributed by atoms with Gasteiger partial charge in [-0.3, -0.25) is 9.69 Å². The van der Waals surface area contributed by atoms with Crippen molar-refractivity contribution >= 4 is 40.3 Å². The van der Waals surface area contributed by atoms with Gasteiger partial charge in [-0.15, -0.1) is 0 Å². The second kappa shape index (κ2) is 6.98. The van der Waals surface area contributed by atoms with Gasteiger partial charge in [-0.2, -0.15) is 0 Å². The van der Waals surface area contributed by atoms with Crippen molar-refractivity contribution in [2.45, 2.75) is 19.9 Å². The van der Waals surface area contributed by atoms with Crippen molar-refractivity contribution in [3.05, 3.63) is 53.6 Å². The summed E-state index contributed by atoms with van der Waals surface area (Å²) in [6.07, 6.45) is 6.78. The number of hydrogen-bond acceptors (Lipinski definition) is 5. The van der Waals surface area contributed by atoms with Crippen LogP contribution in [0.15, 0.2) is 52.2 Å². The number of allylic oxidation sites excluding steroid dienone is 2. The Morgan fingerprint density at radius 3 is 2.82 bits per heavy atom. The number of carbonyl (C=O) groups is 1. The van der Waals surface area contributed by atoms with Crippen LogP contribution in [0.1, 0.15) is 19.6 Å². The van der Waals surface area contributed by atoms with Crippen LogP contribution in [0.5, 0.6) is 0 Å². The fourth-order valence-corrected chi connectivity index (χ4v) is 3.46. The number of rotatable bonds is 5. The molecule has 4 nitrogen and oxygen atoms in total. The SMILES string of the molecule is C=C(O)C(C(C)C)N1C(=O)/C(=C/C=C/c2ccco2)SC1=S. The van der Waals surface area contributed by atoms with Crippen LogP contribution in [0.2, 0.25) is 0 Å². The van der Waals surface area contributed by atoms with Crippen LogP contribution in [0.4, 0.5) is 0 Å². The van der Waals surface area contributed by atoms with Crippen LogP contribution in [-0.4, -0.2) is 26.3 Å². The number of amides is 1. The number of furan rings is 1. The van der Waals surface area contributed by atoms with Gasteiger partial charge in [0.1, 0.15) is 15.8 Å². The fraction of sp³-hybridized carbons (Fsp3) is 0.250. The third kappa shape index (κ3) is 3.51. The zero-order valence-corrected chi connectivity index (χ0v) is 14.0. The predicted molar refractivity (Wildman–Crippen MR) is 93.3 cm³/mol. The third-order valence-electron chi connectivity index (χ3n) is 3.13. The van der Waals surface area contributed by atoms with Gasteiger partial charge in [-0.25, -0.2) is 0 Å². The molecule has 6 heteroatoms. The number of nitrogens with zero attached hydrogens (tertiary/aromatic N) is 1. The Morgan fingerprint density at radius 2 is 2.27 bits per heavy atom. The summed E-state index contributed by atoms with van der Waals surface area (Å²) in [5.41, 5.74) is 0. The Bertz CT molecular complexity index is 644. The van der Waals surface area contributed by atoms with E-state index in [0.29, 0.717) is 15.0 Å². The van der Waals surface area contributed by atoms with Crippen LogP contribution in [0.25, 0.3) is 6.08 Å². The molecule has 0 spiro atoms. The number of thioether (sulfide) groups is 1. The molecule has 1 amide bonds. The largest absolute Gasteiger partial charge is 0.511 e. The lowest BCUT2D eigenvalue weighted by Gasteiger charge is -2.28. The summed E-state index contributed by atoms with van der Waals surface area (Å²) in [4.78, 5) is 14.4. The van der Waals surface area contributed by atoms with Crippen LogP contribution in [-0.2, 0) is 4.79 Å². The molecule has 0 saturated carbocycles. The topological polar surface area (TPSA) is 53.7 Å². The standard InChI is InChI=1S/C16H17NO3S2/c1-10(2)14(11(3)18)17-15(19)13(22-16(17)21)8-4-6-12-7-5-9-20-12/h4-10,14,18H,3H2,1-2H3/b6-4+,13-8-. The maximum absolute atomic E-state index is 12.5. The van der Waals surface area contributed by atoms with Gasteiger partial charge in [-0.1, -0.05) is 50.5 Å². The summed E-state index contributed by atoms with van der Waals surface area (Å²) < 4.78 is 5.61. The highest BCUT2D eigenvalue weighted by atomic mass is 32.2. The quantitative estimate of drug-likeness (QED) is 0.498. The molecule has 1 aromatic heterocycles. The van der Waals surface area contributed by atoms with E-state index in [4.69, 9.17) is 16.6 Å². The first kappa shape index (κ1) is 16.6. The molecule has 0 radical (unpaired) electrons. The Kier molecular flexibility index (Phi) is 5.26. The van der Waals surface area contributed by atoms with Gasteiger partial charge in [0.2, 0.25) is 0 Å². The average molecular weight is 335 g/mol. The molecule has 2 heterocycles. The van der Waals surface area contributed by atoms with E-state index >= 15 is 0 Å². The van der Waals surface area contributed by atoms with Crippen LogP contribution in [0, 0.1) is 5.92 Å². The van der Waals surface area contributed by atoms with Gasteiger partial charge in [0.15, 0.2) is 0 Å². The monoisotopic (exact) mass is 335 g/mol. The van der Waals surface area contributed by atoms with E-state index in [0.717, 1.165) is 0 Å². The van der Waals surface area contributed by atoms with Gasteiger partial charge in [0.05, 0.1) is 17.2 Å². The molecule has 2 rings (SSSR count). The van der Waals surface area contributed by atoms with Gasteiger partial charge >= 0.3 is 0 Å². The van der Waals surface area contributed by atoms with Crippen molar-refractivity contribution < 1.29 is 14.3 Å². The lowest BCUT2D eigenvalue weighted by molar-refractivity contribution is -0.124.